The predicted octanol–water partition coefficient (Wildman–Crippen LogP) is 4.47. The largest absolute Gasteiger partial charge is 0.478 e. The first-order valence-electron chi connectivity index (χ1n) is 7.64. The van der Waals surface area contributed by atoms with E-state index < -0.39 is 11.9 Å². The van der Waals surface area contributed by atoms with Crippen LogP contribution in [0.25, 0.3) is 10.8 Å². The second-order valence-corrected chi connectivity index (χ2v) is 6.52. The van der Waals surface area contributed by atoms with Gasteiger partial charge in [0.05, 0.1) is 16.3 Å². The van der Waals surface area contributed by atoms with Gasteiger partial charge in [0.2, 0.25) is 5.91 Å². The second kappa shape index (κ2) is 7.23. The van der Waals surface area contributed by atoms with Crippen LogP contribution < -0.4 is 10.6 Å². The number of nitrogens with zero attached hydrogens (tertiary/aromatic N) is 1. The van der Waals surface area contributed by atoms with E-state index in [9.17, 15) is 14.7 Å². The molecule has 0 fully saturated rings. The van der Waals surface area contributed by atoms with Gasteiger partial charge in [-0.2, -0.15) is 0 Å². The second-order valence-electron chi connectivity index (χ2n) is 5.67. The van der Waals surface area contributed by atoms with Gasteiger partial charge in [-0.1, -0.05) is 41.4 Å². The molecule has 0 bridgehead atoms. The summed E-state index contributed by atoms with van der Waals surface area (Å²) < 4.78 is 0. The minimum absolute atomic E-state index is 0.0521. The van der Waals surface area contributed by atoms with Crippen LogP contribution >= 0.6 is 23.2 Å². The summed E-state index contributed by atoms with van der Waals surface area (Å²) >= 11 is 12.5. The molecular formula is C19H14Cl2N2O3. The van der Waals surface area contributed by atoms with E-state index in [1.54, 1.807) is 29.2 Å². The lowest BCUT2D eigenvalue weighted by molar-refractivity contribution is -0.116. The fourth-order valence-electron chi connectivity index (χ4n) is 2.82. The number of fused-ring (bicyclic) bond motifs is 1. The van der Waals surface area contributed by atoms with Crippen molar-refractivity contribution in [2.24, 2.45) is 5.73 Å². The molecule has 3 N–H and O–H groups in total. The lowest BCUT2D eigenvalue weighted by atomic mass is 10.0. The number of carboxylic acid groups (broad SMARTS) is 1. The maximum Gasteiger partial charge on any atom is 0.335 e. The lowest BCUT2D eigenvalue weighted by Gasteiger charge is -2.26. The molecule has 132 valence electrons. The van der Waals surface area contributed by atoms with E-state index in [0.29, 0.717) is 32.2 Å². The summed E-state index contributed by atoms with van der Waals surface area (Å²) in [5.74, 6) is -1.66. The Morgan fingerprint density at radius 2 is 1.73 bits per heavy atom. The van der Waals surface area contributed by atoms with Gasteiger partial charge >= 0.3 is 5.97 Å². The number of amides is 1. The van der Waals surface area contributed by atoms with Crippen molar-refractivity contribution in [1.82, 2.24) is 0 Å². The quantitative estimate of drug-likeness (QED) is 0.675. The van der Waals surface area contributed by atoms with Gasteiger partial charge in [-0.15, -0.1) is 0 Å². The summed E-state index contributed by atoms with van der Waals surface area (Å²) in [6, 6.07) is 15.2. The van der Waals surface area contributed by atoms with Gasteiger partial charge in [0.25, 0.3) is 0 Å². The van der Waals surface area contributed by atoms with Crippen LogP contribution in [-0.2, 0) is 4.79 Å². The number of anilines is 2. The molecule has 0 aliphatic carbocycles. The highest BCUT2D eigenvalue weighted by Crippen LogP contribution is 2.39. The average molecular weight is 389 g/mol. The monoisotopic (exact) mass is 388 g/mol. The Labute approximate surface area is 159 Å². The van der Waals surface area contributed by atoms with Crippen molar-refractivity contribution in [2.45, 2.75) is 0 Å². The number of carbonyl (C=O) groups excluding carboxylic acids is 1. The smallest absolute Gasteiger partial charge is 0.335 e. The molecule has 0 aliphatic rings. The molecule has 5 nitrogen and oxygen atoms in total. The van der Waals surface area contributed by atoms with Gasteiger partial charge in [0, 0.05) is 16.1 Å². The molecule has 0 aromatic heterocycles. The first-order chi connectivity index (χ1) is 12.4. The maximum atomic E-state index is 11.7. The average Bonchev–Trinajstić information content (AvgIpc) is 2.59. The molecule has 0 saturated carbocycles. The van der Waals surface area contributed by atoms with Crippen molar-refractivity contribution < 1.29 is 14.7 Å². The van der Waals surface area contributed by atoms with Crippen molar-refractivity contribution >= 4 is 57.2 Å². The fourth-order valence-corrected chi connectivity index (χ4v) is 3.43. The summed E-state index contributed by atoms with van der Waals surface area (Å²) in [7, 11) is 0. The molecule has 3 rings (SSSR count). The Morgan fingerprint density at radius 3 is 2.35 bits per heavy atom. The van der Waals surface area contributed by atoms with Crippen LogP contribution in [0.4, 0.5) is 11.4 Å². The van der Waals surface area contributed by atoms with Gasteiger partial charge in [0.15, 0.2) is 0 Å². The summed E-state index contributed by atoms with van der Waals surface area (Å²) in [5, 5.41) is 11.4. The van der Waals surface area contributed by atoms with E-state index in [4.69, 9.17) is 28.9 Å². The Hall–Kier alpha value is -2.76. The van der Waals surface area contributed by atoms with Gasteiger partial charge in [-0.25, -0.2) is 4.79 Å². The molecule has 3 aromatic carbocycles. The predicted molar refractivity (Wildman–Crippen MR) is 104 cm³/mol. The number of para-hydroxylation sites is 1. The zero-order valence-corrected chi connectivity index (χ0v) is 15.0. The molecule has 7 heteroatoms. The maximum absolute atomic E-state index is 11.7. The number of aromatic carboxylic acids is 1. The lowest BCUT2D eigenvalue weighted by Crippen LogP contribution is -2.30. The fraction of sp³-hybridized carbons (Fsp3) is 0.0526. The van der Waals surface area contributed by atoms with Gasteiger partial charge < -0.3 is 15.7 Å². The molecule has 0 spiro atoms. The Bertz CT molecular complexity index is 1010. The van der Waals surface area contributed by atoms with Gasteiger partial charge in [-0.3, -0.25) is 4.79 Å². The van der Waals surface area contributed by atoms with Crippen molar-refractivity contribution in [1.29, 1.82) is 0 Å². The number of hydrogen-bond donors (Lipinski definition) is 2. The number of carbonyl (C=O) groups is 2. The number of nitrogens with two attached hydrogens (primary N) is 1. The van der Waals surface area contributed by atoms with Crippen molar-refractivity contribution in [3.63, 3.8) is 0 Å². The van der Waals surface area contributed by atoms with E-state index in [0.717, 1.165) is 0 Å². The van der Waals surface area contributed by atoms with Crippen molar-refractivity contribution in [3.8, 4) is 0 Å². The number of benzene rings is 3. The van der Waals surface area contributed by atoms with E-state index >= 15 is 0 Å². The molecule has 0 radical (unpaired) electrons. The topological polar surface area (TPSA) is 83.6 Å². The molecule has 3 aromatic rings. The molecule has 1 amide bonds. The number of primary amides is 1. The van der Waals surface area contributed by atoms with Crippen LogP contribution in [-0.4, -0.2) is 23.5 Å². The third-order valence-corrected chi connectivity index (χ3v) is 4.38. The van der Waals surface area contributed by atoms with Crippen LogP contribution in [0.2, 0.25) is 10.0 Å². The highest BCUT2D eigenvalue weighted by atomic mass is 35.5. The third-order valence-electron chi connectivity index (χ3n) is 3.86. The molecule has 0 heterocycles. The highest BCUT2D eigenvalue weighted by molar-refractivity contribution is 6.39. The van der Waals surface area contributed by atoms with Gasteiger partial charge in [0.1, 0.15) is 6.54 Å². The van der Waals surface area contributed by atoms with Crippen LogP contribution in [0.3, 0.4) is 0 Å². The summed E-state index contributed by atoms with van der Waals surface area (Å²) in [4.78, 5) is 24.9. The number of rotatable bonds is 5. The third kappa shape index (κ3) is 3.59. The molecule has 0 atom stereocenters. The standard InChI is InChI=1S/C19H14Cl2N2O3/c20-13-7-11-6-12(19(25)26)8-16(18(11)15(21)9-13)23(10-17(22)24)14-4-2-1-3-5-14/h1-9H,10H2,(H2,22,24)(H,25,26). The first-order valence-corrected chi connectivity index (χ1v) is 8.39. The van der Waals surface area contributed by atoms with Crippen molar-refractivity contribution in [3.05, 3.63) is 70.2 Å². The highest BCUT2D eigenvalue weighted by Gasteiger charge is 2.20. The summed E-state index contributed by atoms with van der Waals surface area (Å²) in [6.07, 6.45) is 0. The van der Waals surface area contributed by atoms with E-state index in [1.165, 1.54) is 12.1 Å². The molecule has 0 aliphatic heterocycles. The van der Waals surface area contributed by atoms with Crippen LogP contribution in [0, 0.1) is 0 Å². The number of halogens is 2. The normalized spacial score (nSPS) is 10.7. The molecular weight excluding hydrogens is 375 g/mol. The van der Waals surface area contributed by atoms with E-state index in [1.807, 2.05) is 18.2 Å². The Morgan fingerprint density at radius 1 is 1.04 bits per heavy atom. The molecule has 0 unspecified atom stereocenters. The van der Waals surface area contributed by atoms with Gasteiger partial charge in [-0.05, 0) is 41.8 Å². The number of hydrogen-bond acceptors (Lipinski definition) is 3. The van der Waals surface area contributed by atoms with Crippen LogP contribution in [0.15, 0.2) is 54.6 Å². The minimum Gasteiger partial charge on any atom is -0.478 e. The minimum atomic E-state index is -1.10. The molecule has 0 saturated heterocycles. The first kappa shape index (κ1) is 18.0. The van der Waals surface area contributed by atoms with Crippen molar-refractivity contribution in [2.75, 3.05) is 11.4 Å². The SMILES string of the molecule is NC(=O)CN(c1ccccc1)c1cc(C(=O)O)cc2cc(Cl)cc(Cl)c12. The van der Waals surface area contributed by atoms with E-state index in [-0.39, 0.29) is 12.1 Å². The number of carboxylic acids is 1. The summed E-state index contributed by atoms with van der Waals surface area (Å²) in [5.41, 5.74) is 6.62. The Kier molecular flexibility index (Phi) is 5.02. The van der Waals surface area contributed by atoms with Crippen LogP contribution in [0.5, 0.6) is 0 Å². The van der Waals surface area contributed by atoms with Crippen LogP contribution in [0.1, 0.15) is 10.4 Å². The molecule has 26 heavy (non-hydrogen) atoms. The zero-order chi connectivity index (χ0) is 18.8. The zero-order valence-electron chi connectivity index (χ0n) is 13.4. The summed E-state index contributed by atoms with van der Waals surface area (Å²) in [6.45, 7) is -0.138. The van der Waals surface area contributed by atoms with E-state index in [2.05, 4.69) is 0 Å². The Balaban J connectivity index is 2.35.